The van der Waals surface area contributed by atoms with Gasteiger partial charge in [-0.2, -0.15) is 5.26 Å². The van der Waals surface area contributed by atoms with Crippen molar-refractivity contribution < 1.29 is 4.79 Å². The highest BCUT2D eigenvalue weighted by Crippen LogP contribution is 2.36. The highest BCUT2D eigenvalue weighted by atomic mass is 16.2. The molecule has 1 saturated heterocycles. The van der Waals surface area contributed by atoms with Crippen molar-refractivity contribution in [2.45, 2.75) is 18.4 Å². The van der Waals surface area contributed by atoms with Crippen LogP contribution in [0, 0.1) is 11.3 Å². The Morgan fingerprint density at radius 1 is 1.15 bits per heavy atom. The van der Waals surface area contributed by atoms with Gasteiger partial charge < -0.3 is 10.2 Å². The third-order valence-electron chi connectivity index (χ3n) is 5.25. The second-order valence-corrected chi connectivity index (χ2v) is 6.82. The van der Waals surface area contributed by atoms with Crippen LogP contribution in [0.5, 0.6) is 0 Å². The molecule has 0 aliphatic carbocycles. The fraction of sp³-hybridized carbons (Fsp3) is 0.286. The summed E-state index contributed by atoms with van der Waals surface area (Å²) in [5.74, 6) is 0.0240. The minimum absolute atomic E-state index is 0.0240. The Labute approximate surface area is 153 Å². The van der Waals surface area contributed by atoms with Crippen LogP contribution in [0.25, 0.3) is 0 Å². The number of hydrogen-bond donors (Lipinski definition) is 1. The normalized spacial score (nSPS) is 18.7. The number of aliphatic imine (C=N–C) groups is 1. The highest BCUT2D eigenvalue weighted by Gasteiger charge is 2.44. The van der Waals surface area contributed by atoms with Gasteiger partial charge in [-0.1, -0.05) is 30.3 Å². The van der Waals surface area contributed by atoms with Crippen LogP contribution >= 0.6 is 0 Å². The molecule has 4 rings (SSSR count). The van der Waals surface area contributed by atoms with Crippen LogP contribution in [0.2, 0.25) is 0 Å². The van der Waals surface area contributed by atoms with E-state index in [1.807, 2.05) is 42.5 Å². The summed E-state index contributed by atoms with van der Waals surface area (Å²) in [5, 5.41) is 12.7. The number of piperidine rings is 1. The fourth-order valence-corrected chi connectivity index (χ4v) is 3.81. The predicted octanol–water partition coefficient (Wildman–Crippen LogP) is 2.49. The number of anilines is 1. The lowest BCUT2D eigenvalue weighted by atomic mass is 9.87. The van der Waals surface area contributed by atoms with E-state index in [4.69, 9.17) is 4.99 Å². The molecule has 1 amide bonds. The Bertz CT molecular complexity index is 921. The molecule has 0 bridgehead atoms. The predicted molar refractivity (Wildman–Crippen MR) is 101 cm³/mol. The molecule has 1 spiro atoms. The molecule has 2 aliphatic rings. The summed E-state index contributed by atoms with van der Waals surface area (Å²) < 4.78 is 0. The monoisotopic (exact) mass is 344 g/mol. The van der Waals surface area contributed by atoms with Gasteiger partial charge in [-0.25, -0.2) is 0 Å². The Hall–Kier alpha value is -2.97. The Kier molecular flexibility index (Phi) is 4.06. The van der Waals surface area contributed by atoms with Crippen molar-refractivity contribution in [2.75, 3.05) is 25.0 Å². The number of rotatable bonds is 1. The van der Waals surface area contributed by atoms with Crippen molar-refractivity contribution in [3.05, 3.63) is 65.2 Å². The molecule has 2 heterocycles. The molecule has 0 radical (unpaired) electrons. The van der Waals surface area contributed by atoms with E-state index in [-0.39, 0.29) is 5.91 Å². The number of nitriles is 1. The quantitative estimate of drug-likeness (QED) is 0.864. The van der Waals surface area contributed by atoms with Gasteiger partial charge in [0.25, 0.3) is 5.91 Å². The van der Waals surface area contributed by atoms with Crippen LogP contribution < -0.4 is 10.2 Å². The summed E-state index contributed by atoms with van der Waals surface area (Å²) in [4.78, 5) is 20.1. The highest BCUT2D eigenvalue weighted by molar-refractivity contribution is 6.21. The number of fused-ring (bicyclic) bond motifs is 1. The van der Waals surface area contributed by atoms with Crippen LogP contribution in [0.3, 0.4) is 0 Å². The average Bonchev–Trinajstić information content (AvgIpc) is 2.79. The molecule has 0 aromatic heterocycles. The zero-order chi connectivity index (χ0) is 18.1. The second-order valence-electron chi connectivity index (χ2n) is 6.82. The van der Waals surface area contributed by atoms with Gasteiger partial charge in [0.1, 0.15) is 5.54 Å². The summed E-state index contributed by atoms with van der Waals surface area (Å²) in [6, 6.07) is 17.6. The summed E-state index contributed by atoms with van der Waals surface area (Å²) in [7, 11) is 1.81. The number of carbonyl (C=O) groups excluding carboxylic acids is 1. The van der Waals surface area contributed by atoms with Crippen molar-refractivity contribution in [3.8, 4) is 6.07 Å². The minimum Gasteiger partial charge on any atom is -0.317 e. The van der Waals surface area contributed by atoms with Crippen LogP contribution in [0.4, 0.5) is 5.69 Å². The van der Waals surface area contributed by atoms with Crippen LogP contribution in [-0.2, 0) is 4.79 Å². The molecular weight excluding hydrogens is 324 g/mol. The maximum Gasteiger partial charge on any atom is 0.254 e. The smallest absolute Gasteiger partial charge is 0.254 e. The molecule has 5 heteroatoms. The minimum atomic E-state index is -0.753. The molecule has 130 valence electrons. The lowest BCUT2D eigenvalue weighted by Gasteiger charge is -2.34. The Morgan fingerprint density at radius 2 is 1.88 bits per heavy atom. The van der Waals surface area contributed by atoms with E-state index in [1.54, 1.807) is 18.0 Å². The molecule has 0 unspecified atom stereocenters. The molecule has 5 nitrogen and oxygen atoms in total. The van der Waals surface area contributed by atoms with Crippen molar-refractivity contribution in [3.63, 3.8) is 0 Å². The zero-order valence-electron chi connectivity index (χ0n) is 14.7. The number of amides is 1. The van der Waals surface area contributed by atoms with Gasteiger partial charge in [0.05, 0.1) is 23.0 Å². The zero-order valence-corrected chi connectivity index (χ0v) is 14.7. The SMILES string of the molecule is CN1C(=O)C2(CCNCC2)N=C(c2ccccc2)c2cc(C#N)ccc21. The lowest BCUT2D eigenvalue weighted by molar-refractivity contribution is -0.124. The van der Waals surface area contributed by atoms with Crippen molar-refractivity contribution in [1.82, 2.24) is 5.32 Å². The Morgan fingerprint density at radius 3 is 2.58 bits per heavy atom. The Balaban J connectivity index is 2.00. The first kappa shape index (κ1) is 16.5. The molecule has 2 aliphatic heterocycles. The maximum atomic E-state index is 13.3. The second kappa shape index (κ2) is 6.40. The lowest BCUT2D eigenvalue weighted by Crippen LogP contribution is -2.52. The van der Waals surface area contributed by atoms with Gasteiger partial charge in [-0.3, -0.25) is 9.79 Å². The van der Waals surface area contributed by atoms with E-state index >= 15 is 0 Å². The van der Waals surface area contributed by atoms with Crippen LogP contribution in [0.15, 0.2) is 53.5 Å². The molecule has 1 fully saturated rings. The summed E-state index contributed by atoms with van der Waals surface area (Å²) in [5.41, 5.74) is 3.20. The molecule has 0 atom stereocenters. The molecule has 0 saturated carbocycles. The summed E-state index contributed by atoms with van der Waals surface area (Å²) in [6.07, 6.45) is 1.34. The number of nitrogens with one attached hydrogen (secondary N) is 1. The van der Waals surface area contributed by atoms with Crippen molar-refractivity contribution in [2.24, 2.45) is 4.99 Å². The molecule has 26 heavy (non-hydrogen) atoms. The van der Waals surface area contributed by atoms with Crippen molar-refractivity contribution in [1.29, 1.82) is 5.26 Å². The van der Waals surface area contributed by atoms with E-state index in [0.717, 1.165) is 35.6 Å². The first-order valence-corrected chi connectivity index (χ1v) is 8.83. The van der Waals surface area contributed by atoms with E-state index in [1.165, 1.54) is 0 Å². The summed E-state index contributed by atoms with van der Waals surface area (Å²) in [6.45, 7) is 1.54. The van der Waals surface area contributed by atoms with Crippen LogP contribution in [-0.4, -0.2) is 37.3 Å². The topological polar surface area (TPSA) is 68.5 Å². The molecule has 1 N–H and O–H groups in total. The van der Waals surface area contributed by atoms with Gasteiger partial charge in [-0.05, 0) is 44.1 Å². The van der Waals surface area contributed by atoms with Gasteiger partial charge in [0.2, 0.25) is 0 Å². The fourth-order valence-electron chi connectivity index (χ4n) is 3.81. The third kappa shape index (κ3) is 2.59. The number of carbonyl (C=O) groups is 1. The van der Waals surface area contributed by atoms with Gasteiger partial charge in [-0.15, -0.1) is 0 Å². The van der Waals surface area contributed by atoms with E-state index in [0.29, 0.717) is 18.4 Å². The van der Waals surface area contributed by atoms with Gasteiger partial charge in [0, 0.05) is 18.2 Å². The van der Waals surface area contributed by atoms with E-state index in [9.17, 15) is 10.1 Å². The average molecular weight is 344 g/mol. The first-order valence-electron chi connectivity index (χ1n) is 8.83. The third-order valence-corrected chi connectivity index (χ3v) is 5.25. The largest absolute Gasteiger partial charge is 0.317 e. The maximum absolute atomic E-state index is 13.3. The molecule has 2 aromatic rings. The molecule has 2 aromatic carbocycles. The van der Waals surface area contributed by atoms with Crippen molar-refractivity contribution >= 4 is 17.3 Å². The summed E-state index contributed by atoms with van der Waals surface area (Å²) >= 11 is 0. The van der Waals surface area contributed by atoms with E-state index in [2.05, 4.69) is 11.4 Å². The number of hydrogen-bond acceptors (Lipinski definition) is 4. The molecular formula is C21H20N4O. The number of likely N-dealkylation sites (N-methyl/N-ethyl adjacent to an activating group) is 1. The van der Waals surface area contributed by atoms with Gasteiger partial charge in [0.15, 0.2) is 0 Å². The van der Waals surface area contributed by atoms with Gasteiger partial charge >= 0.3 is 0 Å². The standard InChI is InChI=1S/C21H20N4O/c1-25-18-8-7-15(14-22)13-17(18)19(16-5-3-2-4-6-16)24-21(20(25)26)9-11-23-12-10-21/h2-8,13,23H,9-12H2,1H3. The number of nitrogens with zero attached hydrogens (tertiary/aromatic N) is 3. The van der Waals surface area contributed by atoms with Crippen LogP contribution in [0.1, 0.15) is 29.5 Å². The number of benzene rings is 2. The van der Waals surface area contributed by atoms with E-state index < -0.39 is 5.54 Å². The first-order chi connectivity index (χ1) is 12.6.